The van der Waals surface area contributed by atoms with E-state index in [4.69, 9.17) is 6.42 Å². The minimum atomic E-state index is -0.420. The highest BCUT2D eigenvalue weighted by Gasteiger charge is 2.16. The van der Waals surface area contributed by atoms with Gasteiger partial charge in [-0.15, -0.1) is 6.42 Å². The number of nitrogens with zero attached hydrogens (tertiary/aromatic N) is 1. The van der Waals surface area contributed by atoms with Crippen LogP contribution in [-0.4, -0.2) is 10.5 Å². The van der Waals surface area contributed by atoms with E-state index < -0.39 is 5.54 Å². The van der Waals surface area contributed by atoms with Crippen molar-refractivity contribution < 1.29 is 4.92 Å². The Morgan fingerprint density at radius 1 is 1.53 bits per heavy atom. The average Bonchev–Trinajstić information content (AvgIpc) is 2.27. The molecule has 1 aromatic carbocycles. The Morgan fingerprint density at radius 3 is 2.71 bits per heavy atom. The highest BCUT2D eigenvalue weighted by molar-refractivity contribution is 5.44. The Kier molecular flexibility index (Phi) is 3.87. The highest BCUT2D eigenvalue weighted by atomic mass is 16.6. The number of nitro benzene ring substituents is 1. The van der Waals surface area contributed by atoms with Crippen LogP contribution in [0.2, 0.25) is 0 Å². The summed E-state index contributed by atoms with van der Waals surface area (Å²) in [6, 6.07) is 5.05. The van der Waals surface area contributed by atoms with Crippen molar-refractivity contribution in [1.29, 1.82) is 0 Å². The summed E-state index contributed by atoms with van der Waals surface area (Å²) in [5.74, 6) is 2.62. The lowest BCUT2D eigenvalue weighted by atomic mass is 10.0. The predicted octanol–water partition coefficient (Wildman–Crippen LogP) is 2.40. The van der Waals surface area contributed by atoms with Crippen LogP contribution in [0.1, 0.15) is 25.0 Å². The van der Waals surface area contributed by atoms with Crippen molar-refractivity contribution in [3.63, 3.8) is 0 Å². The van der Waals surface area contributed by atoms with Gasteiger partial charge in [0.15, 0.2) is 0 Å². The van der Waals surface area contributed by atoms with Gasteiger partial charge < -0.3 is 0 Å². The maximum atomic E-state index is 10.8. The van der Waals surface area contributed by atoms with Gasteiger partial charge in [0, 0.05) is 18.2 Å². The Morgan fingerprint density at radius 2 is 2.18 bits per heavy atom. The molecule has 0 aliphatic carbocycles. The molecule has 0 aliphatic rings. The van der Waals surface area contributed by atoms with Crippen molar-refractivity contribution in [3.8, 4) is 12.3 Å². The van der Waals surface area contributed by atoms with Crippen LogP contribution in [0.25, 0.3) is 0 Å². The third-order valence-corrected chi connectivity index (χ3v) is 2.70. The van der Waals surface area contributed by atoms with Gasteiger partial charge in [0.25, 0.3) is 5.69 Å². The minimum Gasteiger partial charge on any atom is -0.297 e. The fourth-order valence-electron chi connectivity index (χ4n) is 1.43. The van der Waals surface area contributed by atoms with Crippen LogP contribution in [-0.2, 0) is 6.54 Å². The van der Waals surface area contributed by atoms with Gasteiger partial charge in [-0.3, -0.25) is 15.4 Å². The molecule has 90 valence electrons. The van der Waals surface area contributed by atoms with Gasteiger partial charge in [0.05, 0.1) is 10.5 Å². The lowest BCUT2D eigenvalue weighted by molar-refractivity contribution is -0.385. The maximum absolute atomic E-state index is 10.8. The summed E-state index contributed by atoms with van der Waals surface area (Å²) in [6.45, 7) is 6.04. The molecule has 0 unspecified atom stereocenters. The summed E-state index contributed by atoms with van der Waals surface area (Å²) in [5, 5.41) is 14.0. The van der Waals surface area contributed by atoms with E-state index in [9.17, 15) is 10.1 Å². The third kappa shape index (κ3) is 3.30. The van der Waals surface area contributed by atoms with E-state index in [0.29, 0.717) is 12.1 Å². The first-order chi connectivity index (χ1) is 7.87. The molecule has 0 heterocycles. The molecular weight excluding hydrogens is 216 g/mol. The third-order valence-electron chi connectivity index (χ3n) is 2.70. The fraction of sp³-hybridized carbons (Fsp3) is 0.385. The summed E-state index contributed by atoms with van der Waals surface area (Å²) in [5.41, 5.74) is 1.29. The molecule has 4 heteroatoms. The largest absolute Gasteiger partial charge is 0.297 e. The molecular formula is C13H16N2O2. The first-order valence-electron chi connectivity index (χ1n) is 5.33. The standard InChI is InChI=1S/C13H16N2O2/c1-5-13(3,4)14-9-11-7-6-8-12(10(11)2)15(16)17/h1,6-8,14H,9H2,2-4H3. The van der Waals surface area contributed by atoms with E-state index in [1.54, 1.807) is 13.0 Å². The van der Waals surface area contributed by atoms with Crippen molar-refractivity contribution in [3.05, 3.63) is 39.4 Å². The molecule has 0 amide bonds. The van der Waals surface area contributed by atoms with Crippen LogP contribution in [0.15, 0.2) is 18.2 Å². The summed E-state index contributed by atoms with van der Waals surface area (Å²) < 4.78 is 0. The van der Waals surface area contributed by atoms with E-state index in [1.165, 1.54) is 6.07 Å². The summed E-state index contributed by atoms with van der Waals surface area (Å²) in [7, 11) is 0. The second-order valence-electron chi connectivity index (χ2n) is 4.44. The zero-order chi connectivity index (χ0) is 13.1. The van der Waals surface area contributed by atoms with E-state index >= 15 is 0 Å². The maximum Gasteiger partial charge on any atom is 0.272 e. The summed E-state index contributed by atoms with van der Waals surface area (Å²) >= 11 is 0. The second kappa shape index (κ2) is 4.98. The van der Waals surface area contributed by atoms with Crippen molar-refractivity contribution in [2.45, 2.75) is 32.9 Å². The Bertz CT molecular complexity index is 473. The highest BCUT2D eigenvalue weighted by Crippen LogP contribution is 2.21. The van der Waals surface area contributed by atoms with Crippen molar-refractivity contribution >= 4 is 5.69 Å². The van der Waals surface area contributed by atoms with Crippen LogP contribution in [0.5, 0.6) is 0 Å². The summed E-state index contributed by atoms with van der Waals surface area (Å²) in [6.07, 6.45) is 5.37. The average molecular weight is 232 g/mol. The minimum absolute atomic E-state index is 0.141. The predicted molar refractivity (Wildman–Crippen MR) is 67.6 cm³/mol. The van der Waals surface area contributed by atoms with Gasteiger partial charge in [-0.2, -0.15) is 0 Å². The van der Waals surface area contributed by atoms with Gasteiger partial charge in [0.2, 0.25) is 0 Å². The number of hydrogen-bond acceptors (Lipinski definition) is 3. The topological polar surface area (TPSA) is 55.2 Å². The van der Waals surface area contributed by atoms with Gasteiger partial charge in [-0.1, -0.05) is 18.1 Å². The quantitative estimate of drug-likeness (QED) is 0.492. The number of benzene rings is 1. The lowest BCUT2D eigenvalue weighted by Crippen LogP contribution is -2.37. The molecule has 0 aromatic heterocycles. The SMILES string of the molecule is C#CC(C)(C)NCc1cccc([N+](=O)[O-])c1C. The molecule has 1 N–H and O–H groups in total. The van der Waals surface area contributed by atoms with Crippen molar-refractivity contribution in [1.82, 2.24) is 5.32 Å². The van der Waals surface area contributed by atoms with Gasteiger partial charge in [0.1, 0.15) is 0 Å². The van der Waals surface area contributed by atoms with Crippen molar-refractivity contribution in [2.24, 2.45) is 0 Å². The molecule has 0 radical (unpaired) electrons. The smallest absolute Gasteiger partial charge is 0.272 e. The zero-order valence-corrected chi connectivity index (χ0v) is 10.3. The number of terminal acetylenes is 1. The number of rotatable bonds is 4. The fourth-order valence-corrected chi connectivity index (χ4v) is 1.43. The number of nitrogens with one attached hydrogen (secondary N) is 1. The molecule has 4 nitrogen and oxygen atoms in total. The number of nitro groups is 1. The Labute approximate surface area is 101 Å². The molecule has 17 heavy (non-hydrogen) atoms. The van der Waals surface area contributed by atoms with Crippen LogP contribution >= 0.6 is 0 Å². The zero-order valence-electron chi connectivity index (χ0n) is 10.3. The van der Waals surface area contributed by atoms with Crippen LogP contribution in [0.4, 0.5) is 5.69 Å². The van der Waals surface area contributed by atoms with E-state index in [-0.39, 0.29) is 10.6 Å². The normalized spacial score (nSPS) is 10.9. The first kappa shape index (κ1) is 13.2. The second-order valence-corrected chi connectivity index (χ2v) is 4.44. The van der Waals surface area contributed by atoms with Gasteiger partial charge >= 0.3 is 0 Å². The van der Waals surface area contributed by atoms with Gasteiger partial charge in [-0.25, -0.2) is 0 Å². The molecule has 1 aromatic rings. The van der Waals surface area contributed by atoms with Gasteiger partial charge in [-0.05, 0) is 26.3 Å². The van der Waals surface area contributed by atoms with Crippen molar-refractivity contribution in [2.75, 3.05) is 0 Å². The first-order valence-corrected chi connectivity index (χ1v) is 5.33. The number of hydrogen-bond donors (Lipinski definition) is 1. The molecule has 0 atom stereocenters. The molecule has 0 saturated carbocycles. The molecule has 0 aliphatic heterocycles. The molecule has 1 rings (SSSR count). The van der Waals surface area contributed by atoms with Crippen LogP contribution < -0.4 is 5.32 Å². The Balaban J connectivity index is 2.91. The molecule has 0 bridgehead atoms. The lowest BCUT2D eigenvalue weighted by Gasteiger charge is -2.20. The van der Waals surface area contributed by atoms with E-state index in [2.05, 4.69) is 11.2 Å². The van der Waals surface area contributed by atoms with E-state index in [0.717, 1.165) is 5.56 Å². The monoisotopic (exact) mass is 232 g/mol. The van der Waals surface area contributed by atoms with E-state index in [1.807, 2.05) is 19.9 Å². The Hall–Kier alpha value is -1.86. The summed E-state index contributed by atoms with van der Waals surface area (Å²) in [4.78, 5) is 10.4. The molecule has 0 saturated heterocycles. The van der Waals surface area contributed by atoms with Crippen LogP contribution in [0, 0.1) is 29.4 Å². The van der Waals surface area contributed by atoms with Crippen LogP contribution in [0.3, 0.4) is 0 Å². The molecule has 0 spiro atoms. The molecule has 0 fully saturated rings.